The minimum absolute atomic E-state index is 0.361. The van der Waals surface area contributed by atoms with E-state index in [2.05, 4.69) is 0 Å². The summed E-state index contributed by atoms with van der Waals surface area (Å²) in [5.74, 6) is -0.733. The van der Waals surface area contributed by atoms with E-state index in [1.54, 1.807) is 9.80 Å². The van der Waals surface area contributed by atoms with Gasteiger partial charge in [0.15, 0.2) is 0 Å². The smallest absolute Gasteiger partial charge is 0.312 e. The van der Waals surface area contributed by atoms with Crippen molar-refractivity contribution in [3.63, 3.8) is 0 Å². The maximum atomic E-state index is 11.6. The second kappa shape index (κ2) is 5.70. The molecule has 2 N–H and O–H groups in total. The number of amides is 2. The van der Waals surface area contributed by atoms with Gasteiger partial charge >= 0.3 is 11.8 Å². The Kier molecular flexibility index (Phi) is 4.55. The van der Waals surface area contributed by atoms with E-state index in [0.717, 1.165) is 12.8 Å². The average molecular weight is 213 g/mol. The van der Waals surface area contributed by atoms with Crippen LogP contribution in [0.4, 0.5) is 0 Å². The number of nitrogens with two attached hydrogens (primary N) is 1. The predicted molar refractivity (Wildman–Crippen MR) is 57.1 cm³/mol. The minimum atomic E-state index is -0.372. The van der Waals surface area contributed by atoms with Crippen LogP contribution >= 0.6 is 0 Å². The van der Waals surface area contributed by atoms with E-state index in [-0.39, 0.29) is 11.8 Å². The number of carbonyl (C=O) groups is 2. The van der Waals surface area contributed by atoms with Crippen LogP contribution < -0.4 is 5.73 Å². The Bertz CT molecular complexity index is 243. The van der Waals surface area contributed by atoms with E-state index in [9.17, 15) is 9.59 Å². The average Bonchev–Trinajstić information content (AvgIpc) is 2.24. The highest BCUT2D eigenvalue weighted by molar-refractivity contribution is 6.35. The normalized spacial score (nSPS) is 17.5. The first-order chi connectivity index (χ1) is 7.20. The van der Waals surface area contributed by atoms with Gasteiger partial charge in [-0.25, -0.2) is 0 Å². The zero-order valence-corrected chi connectivity index (χ0v) is 9.24. The zero-order chi connectivity index (χ0) is 11.3. The molecule has 0 aromatic rings. The number of hydrogen-bond donors (Lipinski definition) is 1. The van der Waals surface area contributed by atoms with Crippen molar-refractivity contribution in [3.8, 4) is 0 Å². The molecule has 0 aromatic carbocycles. The molecule has 1 rings (SSSR count). The number of rotatable bonds is 5. The standard InChI is InChI=1S/C10H19N3O2/c1-2-5-12-7-8-13(6-3-4-11)10(15)9(12)14/h2-8,11H2,1H3. The van der Waals surface area contributed by atoms with Crippen LogP contribution in [-0.2, 0) is 9.59 Å². The molecule has 86 valence electrons. The Morgan fingerprint density at radius 1 is 1.13 bits per heavy atom. The topological polar surface area (TPSA) is 66.6 Å². The van der Waals surface area contributed by atoms with E-state index in [1.807, 2.05) is 6.92 Å². The number of carbonyl (C=O) groups excluding carboxylic acids is 2. The summed E-state index contributed by atoms with van der Waals surface area (Å²) in [6.45, 7) is 5.12. The van der Waals surface area contributed by atoms with Crippen LogP contribution in [0.25, 0.3) is 0 Å². The molecule has 0 radical (unpaired) electrons. The Morgan fingerprint density at radius 3 is 2.13 bits per heavy atom. The largest absolute Gasteiger partial charge is 0.333 e. The molecule has 0 saturated carbocycles. The summed E-state index contributed by atoms with van der Waals surface area (Å²) >= 11 is 0. The molecule has 1 fully saturated rings. The highest BCUT2D eigenvalue weighted by Crippen LogP contribution is 2.06. The number of piperazine rings is 1. The van der Waals surface area contributed by atoms with E-state index < -0.39 is 0 Å². The van der Waals surface area contributed by atoms with E-state index in [0.29, 0.717) is 32.7 Å². The molecule has 1 aliphatic rings. The molecule has 0 bridgehead atoms. The van der Waals surface area contributed by atoms with Gasteiger partial charge in [0.05, 0.1) is 0 Å². The summed E-state index contributed by atoms with van der Waals surface area (Å²) in [5.41, 5.74) is 5.37. The first-order valence-corrected chi connectivity index (χ1v) is 5.49. The van der Waals surface area contributed by atoms with Crippen molar-refractivity contribution in [2.24, 2.45) is 5.73 Å². The van der Waals surface area contributed by atoms with Gasteiger partial charge in [-0.2, -0.15) is 0 Å². The predicted octanol–water partition coefficient (Wildman–Crippen LogP) is -0.584. The quantitative estimate of drug-likeness (QED) is 0.621. The second-order valence-corrected chi connectivity index (χ2v) is 3.73. The summed E-state index contributed by atoms with van der Waals surface area (Å²) in [5, 5.41) is 0. The molecule has 1 heterocycles. The van der Waals surface area contributed by atoms with Crippen LogP contribution in [-0.4, -0.2) is 54.3 Å². The van der Waals surface area contributed by atoms with Crippen LogP contribution in [0.1, 0.15) is 19.8 Å². The zero-order valence-electron chi connectivity index (χ0n) is 9.24. The molecule has 0 aromatic heterocycles. The van der Waals surface area contributed by atoms with Gasteiger partial charge in [-0.1, -0.05) is 6.92 Å². The Hall–Kier alpha value is -1.10. The molecule has 5 heteroatoms. The molecule has 15 heavy (non-hydrogen) atoms. The van der Waals surface area contributed by atoms with Crippen molar-refractivity contribution in [2.45, 2.75) is 19.8 Å². The van der Waals surface area contributed by atoms with Crippen LogP contribution in [0.5, 0.6) is 0 Å². The third-order valence-corrected chi connectivity index (χ3v) is 2.52. The fraction of sp³-hybridized carbons (Fsp3) is 0.800. The summed E-state index contributed by atoms with van der Waals surface area (Å²) in [6, 6.07) is 0. The third-order valence-electron chi connectivity index (χ3n) is 2.52. The minimum Gasteiger partial charge on any atom is -0.333 e. The summed E-state index contributed by atoms with van der Waals surface area (Å²) in [6.07, 6.45) is 1.65. The molecule has 2 amide bonds. The van der Waals surface area contributed by atoms with Gasteiger partial charge < -0.3 is 15.5 Å². The van der Waals surface area contributed by atoms with Crippen molar-refractivity contribution < 1.29 is 9.59 Å². The molecule has 1 aliphatic heterocycles. The van der Waals surface area contributed by atoms with Gasteiger partial charge in [0.2, 0.25) is 0 Å². The maximum Gasteiger partial charge on any atom is 0.312 e. The lowest BCUT2D eigenvalue weighted by atomic mass is 10.2. The van der Waals surface area contributed by atoms with Crippen molar-refractivity contribution >= 4 is 11.8 Å². The molecule has 0 unspecified atom stereocenters. The number of nitrogens with zero attached hydrogens (tertiary/aromatic N) is 2. The SMILES string of the molecule is CCCN1CCN(CCCN)C(=O)C1=O. The van der Waals surface area contributed by atoms with Crippen molar-refractivity contribution in [1.82, 2.24) is 9.80 Å². The molecule has 0 aliphatic carbocycles. The van der Waals surface area contributed by atoms with Gasteiger partial charge in [0, 0.05) is 26.2 Å². The van der Waals surface area contributed by atoms with Crippen molar-refractivity contribution in [2.75, 3.05) is 32.7 Å². The van der Waals surface area contributed by atoms with Gasteiger partial charge in [-0.15, -0.1) is 0 Å². The molecule has 5 nitrogen and oxygen atoms in total. The first kappa shape index (κ1) is 12.0. The van der Waals surface area contributed by atoms with Crippen molar-refractivity contribution in [1.29, 1.82) is 0 Å². The highest BCUT2D eigenvalue weighted by Gasteiger charge is 2.31. The fourth-order valence-electron chi connectivity index (χ4n) is 1.69. The highest BCUT2D eigenvalue weighted by atomic mass is 16.2. The molecule has 0 spiro atoms. The Morgan fingerprint density at radius 2 is 1.67 bits per heavy atom. The lowest BCUT2D eigenvalue weighted by molar-refractivity contribution is -0.156. The summed E-state index contributed by atoms with van der Waals surface area (Å²) in [4.78, 5) is 26.4. The fourth-order valence-corrected chi connectivity index (χ4v) is 1.69. The van der Waals surface area contributed by atoms with E-state index in [4.69, 9.17) is 5.73 Å². The summed E-state index contributed by atoms with van der Waals surface area (Å²) in [7, 11) is 0. The van der Waals surface area contributed by atoms with Gasteiger partial charge in [-0.3, -0.25) is 9.59 Å². The molecule has 1 saturated heterocycles. The van der Waals surface area contributed by atoms with Crippen molar-refractivity contribution in [3.05, 3.63) is 0 Å². The van der Waals surface area contributed by atoms with Crippen LogP contribution in [0.15, 0.2) is 0 Å². The van der Waals surface area contributed by atoms with Crippen LogP contribution in [0.3, 0.4) is 0 Å². The van der Waals surface area contributed by atoms with Gasteiger partial charge in [0.1, 0.15) is 0 Å². The second-order valence-electron chi connectivity index (χ2n) is 3.73. The van der Waals surface area contributed by atoms with Gasteiger partial charge in [-0.05, 0) is 19.4 Å². The Balaban J connectivity index is 2.49. The monoisotopic (exact) mass is 213 g/mol. The molecular weight excluding hydrogens is 194 g/mol. The molecular formula is C10H19N3O2. The third kappa shape index (κ3) is 2.92. The lowest BCUT2D eigenvalue weighted by Gasteiger charge is -2.33. The Labute approximate surface area is 90.2 Å². The van der Waals surface area contributed by atoms with Crippen LogP contribution in [0, 0.1) is 0 Å². The molecule has 0 atom stereocenters. The van der Waals surface area contributed by atoms with Gasteiger partial charge in [0.25, 0.3) is 0 Å². The van der Waals surface area contributed by atoms with Crippen LogP contribution in [0.2, 0.25) is 0 Å². The summed E-state index contributed by atoms with van der Waals surface area (Å²) < 4.78 is 0. The van der Waals surface area contributed by atoms with E-state index >= 15 is 0 Å². The maximum absolute atomic E-state index is 11.6. The van der Waals surface area contributed by atoms with E-state index in [1.165, 1.54) is 0 Å². The lowest BCUT2D eigenvalue weighted by Crippen LogP contribution is -2.54. The number of hydrogen-bond acceptors (Lipinski definition) is 3. The first-order valence-electron chi connectivity index (χ1n) is 5.49.